The number of hydrogen-bond donors (Lipinski definition) is 2. The van der Waals surface area contributed by atoms with Crippen molar-refractivity contribution in [2.75, 3.05) is 0 Å². The Morgan fingerprint density at radius 1 is 1.04 bits per heavy atom. The van der Waals surface area contributed by atoms with Crippen LogP contribution >= 0.6 is 0 Å². The first-order valence-electron chi connectivity index (χ1n) is 11.0. The highest BCUT2D eigenvalue weighted by molar-refractivity contribution is 5.31. The third-order valence-electron chi connectivity index (χ3n) is 9.40. The van der Waals surface area contributed by atoms with Gasteiger partial charge in [0.25, 0.3) is 0 Å². The molecule has 1 aromatic rings. The van der Waals surface area contributed by atoms with Crippen molar-refractivity contribution < 1.29 is 14.6 Å². The van der Waals surface area contributed by atoms with Gasteiger partial charge in [-0.2, -0.15) is 0 Å². The summed E-state index contributed by atoms with van der Waals surface area (Å²) in [7, 11) is 0. The summed E-state index contributed by atoms with van der Waals surface area (Å²) in [6.45, 7) is 4.65. The van der Waals surface area contributed by atoms with Gasteiger partial charge in [0.05, 0.1) is 18.0 Å². The van der Waals surface area contributed by atoms with Crippen molar-refractivity contribution in [1.29, 1.82) is 0 Å². The van der Waals surface area contributed by atoms with Crippen molar-refractivity contribution in [2.24, 2.45) is 22.7 Å². The second-order valence-corrected chi connectivity index (χ2v) is 10.3. The molecular weight excluding hydrogens is 352 g/mol. The number of allylic oxidation sites excluding steroid dienone is 1. The topological polar surface area (TPSA) is 70.7 Å². The van der Waals surface area contributed by atoms with Crippen molar-refractivity contribution >= 4 is 0 Å². The average Bonchev–Trinajstić information content (AvgIpc) is 2.95. The fourth-order valence-corrected chi connectivity index (χ4v) is 7.78. The minimum atomic E-state index is -0.665. The minimum Gasteiger partial charge on any atom is -0.431 e. The molecule has 0 unspecified atom stereocenters. The Bertz CT molecular complexity index is 851. The van der Waals surface area contributed by atoms with Gasteiger partial charge in [0.1, 0.15) is 0 Å². The van der Waals surface area contributed by atoms with Gasteiger partial charge in [0.15, 0.2) is 0 Å². The molecule has 0 bridgehead atoms. The smallest absolute Gasteiger partial charge is 0.335 e. The Balaban J connectivity index is 1.51. The number of fused-ring (bicyclic) bond motifs is 5. The standard InChI is InChI=1S/C24H32O4/c1-22-10-7-17(25)13-16(22)4-5-20-19(22)8-11-23(2)18(9-12-24(20,23)27)15-3-6-21(26)28-14-15/h3,6,13-14,17-20,25,27H,4-5,7-12H2,1-2H3/t17-,18-,19-,20+,22-,23+,24+/m0/s1. The molecule has 3 fully saturated rings. The molecular formula is C24H32O4. The summed E-state index contributed by atoms with van der Waals surface area (Å²) in [6.07, 6.45) is 11.2. The summed E-state index contributed by atoms with van der Waals surface area (Å²) >= 11 is 0. The SMILES string of the molecule is C[C@]12CC[C@H](O)C=C1CC[C@@H]1[C@@H]2CC[C@]2(C)[C@H](c3ccc(=O)oc3)CC[C@@]12O. The molecule has 0 radical (unpaired) electrons. The van der Waals surface area contributed by atoms with E-state index in [0.29, 0.717) is 11.8 Å². The predicted octanol–water partition coefficient (Wildman–Crippen LogP) is 4.16. The maximum atomic E-state index is 12.1. The molecule has 0 saturated heterocycles. The zero-order valence-electron chi connectivity index (χ0n) is 17.0. The van der Waals surface area contributed by atoms with Crippen LogP contribution in [0.4, 0.5) is 0 Å². The van der Waals surface area contributed by atoms with Crippen molar-refractivity contribution in [3.05, 3.63) is 46.0 Å². The van der Waals surface area contributed by atoms with Crippen LogP contribution in [0.15, 0.2) is 39.3 Å². The highest BCUT2D eigenvalue weighted by Gasteiger charge is 2.66. The Morgan fingerprint density at radius 2 is 1.86 bits per heavy atom. The molecule has 4 aliphatic carbocycles. The van der Waals surface area contributed by atoms with Crippen LogP contribution in [0.5, 0.6) is 0 Å². The van der Waals surface area contributed by atoms with Crippen molar-refractivity contribution in [2.45, 2.75) is 82.8 Å². The quantitative estimate of drug-likeness (QED) is 0.713. The highest BCUT2D eigenvalue weighted by Crippen LogP contribution is 2.70. The van der Waals surface area contributed by atoms with Crippen LogP contribution in [0, 0.1) is 22.7 Å². The van der Waals surface area contributed by atoms with E-state index in [1.54, 1.807) is 6.26 Å². The molecule has 0 spiro atoms. The summed E-state index contributed by atoms with van der Waals surface area (Å²) in [6, 6.07) is 3.40. The van der Waals surface area contributed by atoms with E-state index in [1.165, 1.54) is 11.6 Å². The summed E-state index contributed by atoms with van der Waals surface area (Å²) in [5.74, 6) is 1.04. The zero-order chi connectivity index (χ0) is 19.7. The number of aliphatic hydroxyl groups excluding tert-OH is 1. The monoisotopic (exact) mass is 384 g/mol. The average molecular weight is 385 g/mol. The lowest BCUT2D eigenvalue weighted by Gasteiger charge is -2.61. The third-order valence-corrected chi connectivity index (χ3v) is 9.40. The van der Waals surface area contributed by atoms with Gasteiger partial charge in [-0.1, -0.05) is 25.5 Å². The fourth-order valence-electron chi connectivity index (χ4n) is 7.78. The van der Waals surface area contributed by atoms with Gasteiger partial charge in [-0.05, 0) is 86.2 Å². The molecule has 4 heteroatoms. The molecule has 7 atom stereocenters. The van der Waals surface area contributed by atoms with Crippen LogP contribution in [0.1, 0.15) is 76.7 Å². The van der Waals surface area contributed by atoms with Gasteiger partial charge >= 0.3 is 5.63 Å². The Kier molecular flexibility index (Phi) is 4.03. The van der Waals surface area contributed by atoms with E-state index in [2.05, 4.69) is 19.9 Å². The molecule has 2 N–H and O–H groups in total. The first-order chi connectivity index (χ1) is 13.3. The molecule has 152 valence electrons. The van der Waals surface area contributed by atoms with Crippen LogP contribution in [-0.4, -0.2) is 21.9 Å². The van der Waals surface area contributed by atoms with Crippen LogP contribution in [0.3, 0.4) is 0 Å². The van der Waals surface area contributed by atoms with Crippen molar-refractivity contribution in [3.8, 4) is 0 Å². The summed E-state index contributed by atoms with van der Waals surface area (Å²) < 4.78 is 5.16. The van der Waals surface area contributed by atoms with E-state index in [1.807, 2.05) is 6.07 Å². The second kappa shape index (κ2) is 6.06. The Morgan fingerprint density at radius 3 is 2.61 bits per heavy atom. The molecule has 1 aromatic heterocycles. The Hall–Kier alpha value is -1.39. The van der Waals surface area contributed by atoms with Gasteiger partial charge in [-0.3, -0.25) is 0 Å². The maximum absolute atomic E-state index is 12.1. The zero-order valence-corrected chi connectivity index (χ0v) is 17.0. The predicted molar refractivity (Wildman–Crippen MR) is 107 cm³/mol. The van der Waals surface area contributed by atoms with E-state index in [-0.39, 0.29) is 28.5 Å². The van der Waals surface area contributed by atoms with Gasteiger partial charge < -0.3 is 14.6 Å². The van der Waals surface area contributed by atoms with Gasteiger partial charge in [0, 0.05) is 11.5 Å². The molecule has 1 heterocycles. The number of hydrogen-bond acceptors (Lipinski definition) is 4. The lowest BCUT2D eigenvalue weighted by Crippen LogP contribution is -2.60. The maximum Gasteiger partial charge on any atom is 0.335 e. The molecule has 4 nitrogen and oxygen atoms in total. The van der Waals surface area contributed by atoms with E-state index < -0.39 is 5.60 Å². The minimum absolute atomic E-state index is 0.122. The fraction of sp³-hybridized carbons (Fsp3) is 0.708. The van der Waals surface area contributed by atoms with E-state index in [0.717, 1.165) is 56.9 Å². The van der Waals surface area contributed by atoms with E-state index >= 15 is 0 Å². The molecule has 0 aromatic carbocycles. The lowest BCUT2D eigenvalue weighted by molar-refractivity contribution is -0.178. The first-order valence-corrected chi connectivity index (χ1v) is 11.0. The summed E-state index contributed by atoms with van der Waals surface area (Å²) in [5, 5.41) is 22.3. The summed E-state index contributed by atoms with van der Waals surface area (Å²) in [5.41, 5.74) is 1.45. The molecule has 5 rings (SSSR count). The molecule has 0 aliphatic heterocycles. The highest BCUT2D eigenvalue weighted by atomic mass is 16.4. The van der Waals surface area contributed by atoms with Crippen molar-refractivity contribution in [1.82, 2.24) is 0 Å². The number of rotatable bonds is 1. The normalized spacial score (nSPS) is 47.6. The van der Waals surface area contributed by atoms with Crippen LogP contribution in [0.2, 0.25) is 0 Å². The van der Waals surface area contributed by atoms with Crippen LogP contribution in [-0.2, 0) is 0 Å². The van der Waals surface area contributed by atoms with Crippen LogP contribution in [0.25, 0.3) is 0 Å². The lowest BCUT2D eigenvalue weighted by atomic mass is 9.45. The van der Waals surface area contributed by atoms with Gasteiger partial charge in [0.2, 0.25) is 0 Å². The third kappa shape index (κ3) is 2.34. The molecule has 28 heavy (non-hydrogen) atoms. The molecule has 3 saturated carbocycles. The van der Waals surface area contributed by atoms with E-state index in [9.17, 15) is 15.0 Å². The van der Waals surface area contributed by atoms with Crippen LogP contribution < -0.4 is 5.63 Å². The van der Waals surface area contributed by atoms with Crippen molar-refractivity contribution in [3.63, 3.8) is 0 Å². The molecule has 4 aliphatic rings. The van der Waals surface area contributed by atoms with Gasteiger partial charge in [-0.15, -0.1) is 0 Å². The first kappa shape index (κ1) is 18.6. The molecule has 0 amide bonds. The second-order valence-electron chi connectivity index (χ2n) is 10.3. The largest absolute Gasteiger partial charge is 0.431 e. The number of aliphatic hydroxyl groups is 2. The Labute approximate surface area is 166 Å². The summed E-state index contributed by atoms with van der Waals surface area (Å²) in [4.78, 5) is 11.4. The van der Waals surface area contributed by atoms with E-state index in [4.69, 9.17) is 4.42 Å². The van der Waals surface area contributed by atoms with Gasteiger partial charge in [-0.25, -0.2) is 4.79 Å².